The lowest BCUT2D eigenvalue weighted by Gasteiger charge is -2.34. The summed E-state index contributed by atoms with van der Waals surface area (Å²) in [5, 5.41) is 10.3. The maximum Gasteiger partial charge on any atom is 0.309 e. The first-order chi connectivity index (χ1) is 15.4. The topological polar surface area (TPSA) is 104 Å². The van der Waals surface area contributed by atoms with E-state index in [0.717, 1.165) is 44.9 Å². The van der Waals surface area contributed by atoms with Gasteiger partial charge in [-0.15, -0.1) is 0 Å². The molecule has 1 aromatic rings. The van der Waals surface area contributed by atoms with Gasteiger partial charge < -0.3 is 24.1 Å². The molecule has 0 radical (unpaired) electrons. The Morgan fingerprint density at radius 2 is 1.84 bits per heavy atom. The zero-order valence-electron chi connectivity index (χ0n) is 19.2. The summed E-state index contributed by atoms with van der Waals surface area (Å²) >= 11 is 0. The third-order valence-corrected chi connectivity index (χ3v) is 6.51. The van der Waals surface area contributed by atoms with Crippen LogP contribution in [0.5, 0.6) is 11.5 Å². The molecule has 3 rings (SSSR count). The number of hydrogen-bond donors (Lipinski definition) is 1. The molecule has 178 valence electrons. The number of carbonyl (C=O) groups is 2. The highest BCUT2D eigenvalue weighted by atomic mass is 16.6. The van der Waals surface area contributed by atoms with E-state index in [1.54, 1.807) is 7.11 Å². The Morgan fingerprint density at radius 3 is 2.53 bits per heavy atom. The Morgan fingerprint density at radius 1 is 1.16 bits per heavy atom. The van der Waals surface area contributed by atoms with Crippen molar-refractivity contribution >= 4 is 11.8 Å². The number of ketones is 1. The zero-order chi connectivity index (χ0) is 23.1. The van der Waals surface area contributed by atoms with Crippen molar-refractivity contribution in [2.24, 2.45) is 5.92 Å². The van der Waals surface area contributed by atoms with Crippen LogP contribution in [0.15, 0.2) is 12.3 Å². The molecule has 1 aliphatic carbocycles. The van der Waals surface area contributed by atoms with Crippen molar-refractivity contribution in [3.63, 3.8) is 0 Å². The van der Waals surface area contributed by atoms with Gasteiger partial charge in [0.05, 0.1) is 25.2 Å². The molecule has 32 heavy (non-hydrogen) atoms. The van der Waals surface area contributed by atoms with Crippen LogP contribution in [0.4, 0.5) is 0 Å². The number of rotatable bonds is 7. The molecule has 0 aromatic carbocycles. The summed E-state index contributed by atoms with van der Waals surface area (Å²) in [4.78, 5) is 29.9. The third-order valence-electron chi connectivity index (χ3n) is 6.51. The predicted octanol–water partition coefficient (Wildman–Crippen LogP) is 3.83. The summed E-state index contributed by atoms with van der Waals surface area (Å²) in [6.07, 6.45) is 7.78. The van der Waals surface area contributed by atoms with Crippen molar-refractivity contribution in [2.75, 3.05) is 14.2 Å². The van der Waals surface area contributed by atoms with Gasteiger partial charge in [0.15, 0.2) is 23.0 Å². The number of cyclic esters (lactones) is 1. The lowest BCUT2D eigenvalue weighted by atomic mass is 9.92. The van der Waals surface area contributed by atoms with Crippen molar-refractivity contribution in [3.8, 4) is 11.5 Å². The van der Waals surface area contributed by atoms with Crippen LogP contribution < -0.4 is 4.74 Å². The van der Waals surface area contributed by atoms with E-state index in [1.807, 2.05) is 6.92 Å². The number of ether oxygens (including phenoxy) is 4. The van der Waals surface area contributed by atoms with Crippen LogP contribution in [0.25, 0.3) is 0 Å². The molecule has 1 aliphatic heterocycles. The molecular formula is C24H35NO7. The maximum atomic E-state index is 13.0. The summed E-state index contributed by atoms with van der Waals surface area (Å²) in [5.74, 6) is -1.59. The van der Waals surface area contributed by atoms with Gasteiger partial charge in [-0.3, -0.25) is 9.59 Å². The molecule has 8 heteroatoms. The van der Waals surface area contributed by atoms with Crippen molar-refractivity contribution < 1.29 is 33.6 Å². The Hall–Kier alpha value is -2.19. The van der Waals surface area contributed by atoms with Gasteiger partial charge in [-0.2, -0.15) is 0 Å². The van der Waals surface area contributed by atoms with Crippen LogP contribution in [0.2, 0.25) is 0 Å². The average molecular weight is 450 g/mol. The van der Waals surface area contributed by atoms with E-state index in [2.05, 4.69) is 4.98 Å². The van der Waals surface area contributed by atoms with Gasteiger partial charge in [-0.25, -0.2) is 4.98 Å². The highest BCUT2D eigenvalue weighted by Gasteiger charge is 2.36. The van der Waals surface area contributed by atoms with E-state index in [-0.39, 0.29) is 41.9 Å². The minimum Gasteiger partial charge on any atom is -0.503 e. The standard InChI is InChI=1S/C24H35NO7/c1-15-23(32-17-9-5-6-10-17)20(30-3)11-7-4-8-16(24(28)31-15)14-18(26)21-22(27)19(29-2)12-13-25-21/h12-13,15-17,20,23,27H,4-11,14H2,1-3H3/t15-,16+,20-,23-/m0/s1. The van der Waals surface area contributed by atoms with Crippen molar-refractivity contribution in [3.05, 3.63) is 18.0 Å². The quantitative estimate of drug-likeness (QED) is 0.495. The van der Waals surface area contributed by atoms with E-state index in [9.17, 15) is 14.7 Å². The number of aromatic nitrogens is 1. The molecular weight excluding hydrogens is 414 g/mol. The Bertz CT molecular complexity index is 778. The molecule has 8 nitrogen and oxygen atoms in total. The van der Waals surface area contributed by atoms with Crippen LogP contribution in [0, 0.1) is 5.92 Å². The lowest BCUT2D eigenvalue weighted by molar-refractivity contribution is -0.177. The fourth-order valence-electron chi connectivity index (χ4n) is 4.67. The van der Waals surface area contributed by atoms with Crippen molar-refractivity contribution in [2.45, 2.75) is 89.1 Å². The summed E-state index contributed by atoms with van der Waals surface area (Å²) in [6, 6.07) is 1.47. The van der Waals surface area contributed by atoms with Gasteiger partial charge in [0.25, 0.3) is 0 Å². The SMILES string of the molecule is COc1ccnc(C(=O)C[C@H]2CCCC[C@H](OC)[C@@H](OC3CCCC3)[C@H](C)OC2=O)c1O. The highest BCUT2D eigenvalue weighted by molar-refractivity contribution is 5.99. The molecule has 0 bridgehead atoms. The largest absolute Gasteiger partial charge is 0.503 e. The Kier molecular flexibility index (Phi) is 8.87. The van der Waals surface area contributed by atoms with Gasteiger partial charge in [0.2, 0.25) is 0 Å². The summed E-state index contributed by atoms with van der Waals surface area (Å²) in [7, 11) is 3.08. The first kappa shape index (κ1) is 24.5. The molecule has 0 amide bonds. The minimum atomic E-state index is -0.608. The first-order valence-electron chi connectivity index (χ1n) is 11.6. The summed E-state index contributed by atoms with van der Waals surface area (Å²) in [6.45, 7) is 1.83. The van der Waals surface area contributed by atoms with E-state index >= 15 is 0 Å². The first-order valence-corrected chi connectivity index (χ1v) is 11.6. The predicted molar refractivity (Wildman–Crippen MR) is 117 cm³/mol. The van der Waals surface area contributed by atoms with Crippen LogP contribution in [-0.2, 0) is 19.0 Å². The molecule has 0 unspecified atom stereocenters. The average Bonchev–Trinajstić information content (AvgIpc) is 3.30. The Balaban J connectivity index is 1.71. The summed E-state index contributed by atoms with van der Waals surface area (Å²) < 4.78 is 22.9. The second-order valence-electron chi connectivity index (χ2n) is 8.74. The van der Waals surface area contributed by atoms with E-state index < -0.39 is 23.8 Å². The van der Waals surface area contributed by atoms with Crippen LogP contribution in [-0.4, -0.2) is 60.5 Å². The number of Topliss-reactive ketones (excluding diaryl/α,β-unsaturated/α-hetero) is 1. The molecule has 1 saturated carbocycles. The fourth-order valence-corrected chi connectivity index (χ4v) is 4.67. The van der Waals surface area contributed by atoms with Gasteiger partial charge in [0, 0.05) is 25.8 Å². The number of pyridine rings is 1. The number of esters is 1. The monoisotopic (exact) mass is 449 g/mol. The number of nitrogens with zero attached hydrogens (tertiary/aromatic N) is 1. The van der Waals surface area contributed by atoms with Gasteiger partial charge in [-0.05, 0) is 32.6 Å². The van der Waals surface area contributed by atoms with E-state index in [0.29, 0.717) is 6.42 Å². The number of hydrogen-bond acceptors (Lipinski definition) is 8. The van der Waals surface area contributed by atoms with Gasteiger partial charge >= 0.3 is 5.97 Å². The second-order valence-corrected chi connectivity index (χ2v) is 8.74. The minimum absolute atomic E-state index is 0.0822. The molecule has 4 atom stereocenters. The molecule has 2 fully saturated rings. The third kappa shape index (κ3) is 5.98. The molecule has 2 aliphatic rings. The molecule has 2 heterocycles. The number of methoxy groups -OCH3 is 2. The fraction of sp³-hybridized carbons (Fsp3) is 0.708. The molecule has 1 N–H and O–H groups in total. The highest BCUT2D eigenvalue weighted by Crippen LogP contribution is 2.32. The number of aromatic hydroxyl groups is 1. The van der Waals surface area contributed by atoms with E-state index in [1.165, 1.54) is 19.4 Å². The number of carbonyl (C=O) groups excluding carboxylic acids is 2. The van der Waals surface area contributed by atoms with Gasteiger partial charge in [0.1, 0.15) is 12.2 Å². The molecule has 0 spiro atoms. The normalized spacial score (nSPS) is 27.7. The maximum absolute atomic E-state index is 13.0. The van der Waals surface area contributed by atoms with Gasteiger partial charge in [-0.1, -0.05) is 25.7 Å². The Labute approximate surface area is 189 Å². The van der Waals surface area contributed by atoms with Crippen molar-refractivity contribution in [1.82, 2.24) is 4.98 Å². The summed E-state index contributed by atoms with van der Waals surface area (Å²) in [5.41, 5.74) is -0.0933. The van der Waals surface area contributed by atoms with Crippen LogP contribution >= 0.6 is 0 Å². The molecule has 1 saturated heterocycles. The van der Waals surface area contributed by atoms with Crippen LogP contribution in [0.3, 0.4) is 0 Å². The smallest absolute Gasteiger partial charge is 0.309 e. The van der Waals surface area contributed by atoms with Crippen molar-refractivity contribution in [1.29, 1.82) is 0 Å². The second kappa shape index (κ2) is 11.6. The zero-order valence-corrected chi connectivity index (χ0v) is 19.2. The lowest BCUT2D eigenvalue weighted by Crippen LogP contribution is -2.44. The van der Waals surface area contributed by atoms with E-state index in [4.69, 9.17) is 18.9 Å². The molecule has 1 aromatic heterocycles. The van der Waals surface area contributed by atoms with Crippen LogP contribution in [0.1, 0.15) is 75.2 Å².